The minimum absolute atomic E-state index is 0.937. The second-order valence-electron chi connectivity index (χ2n) is 4.44. The Hall–Kier alpha value is -1.42. The zero-order valence-corrected chi connectivity index (χ0v) is 11.6. The van der Waals surface area contributed by atoms with E-state index in [9.17, 15) is 0 Å². The molecule has 1 aromatic heterocycles. The molecule has 0 amide bonds. The maximum Gasteiger partial charge on any atom is 0.101 e. The number of fused-ring (bicyclic) bond motifs is 1. The van der Waals surface area contributed by atoms with Gasteiger partial charge in [-0.25, -0.2) is 0 Å². The highest BCUT2D eigenvalue weighted by atomic mass is 79.9. The molecule has 0 saturated carbocycles. The van der Waals surface area contributed by atoms with Gasteiger partial charge in [0.2, 0.25) is 0 Å². The van der Waals surface area contributed by atoms with Gasteiger partial charge in [-0.05, 0) is 40.9 Å². The number of rotatable bonds is 1. The van der Waals surface area contributed by atoms with Crippen LogP contribution < -0.4 is 5.32 Å². The van der Waals surface area contributed by atoms with Gasteiger partial charge < -0.3 is 5.32 Å². The number of aliphatic imine (C=N–C) groups is 1. The summed E-state index contributed by atoms with van der Waals surface area (Å²) in [6.45, 7) is 0.937. The topological polar surface area (TPSA) is 37.3 Å². The lowest BCUT2D eigenvalue weighted by atomic mass is 10.1. The molecule has 2 aromatic rings. The SMILES string of the molecule is Brc1cnc2c(NC3=NCCCC3)cccc2c1. The Morgan fingerprint density at radius 1 is 1.22 bits per heavy atom. The van der Waals surface area contributed by atoms with Gasteiger partial charge >= 0.3 is 0 Å². The number of anilines is 1. The van der Waals surface area contributed by atoms with Crippen molar-refractivity contribution in [2.24, 2.45) is 4.99 Å². The van der Waals surface area contributed by atoms with E-state index in [4.69, 9.17) is 0 Å². The smallest absolute Gasteiger partial charge is 0.101 e. The third-order valence-corrected chi connectivity index (χ3v) is 3.51. The third kappa shape index (κ3) is 2.38. The molecule has 3 rings (SSSR count). The maximum atomic E-state index is 4.52. The lowest BCUT2D eigenvalue weighted by Crippen LogP contribution is -2.16. The average molecular weight is 304 g/mol. The fourth-order valence-electron chi connectivity index (χ4n) is 2.19. The van der Waals surface area contributed by atoms with Crippen molar-refractivity contribution < 1.29 is 0 Å². The van der Waals surface area contributed by atoms with Crippen LogP contribution in [0.25, 0.3) is 10.9 Å². The molecule has 1 aliphatic rings. The zero-order chi connectivity index (χ0) is 12.4. The van der Waals surface area contributed by atoms with Gasteiger partial charge in [0.25, 0.3) is 0 Å². The molecule has 1 aliphatic heterocycles. The van der Waals surface area contributed by atoms with Crippen molar-refractivity contribution in [2.45, 2.75) is 19.3 Å². The number of hydrogen-bond acceptors (Lipinski definition) is 3. The molecular formula is C14H14BrN3. The number of hydrogen-bond donors (Lipinski definition) is 1. The molecule has 4 heteroatoms. The lowest BCUT2D eigenvalue weighted by Gasteiger charge is -2.15. The van der Waals surface area contributed by atoms with E-state index in [1.165, 1.54) is 12.8 Å². The van der Waals surface area contributed by atoms with Crippen molar-refractivity contribution >= 4 is 38.4 Å². The van der Waals surface area contributed by atoms with Crippen LogP contribution in [0.2, 0.25) is 0 Å². The molecule has 0 atom stereocenters. The highest BCUT2D eigenvalue weighted by Gasteiger charge is 2.08. The summed E-state index contributed by atoms with van der Waals surface area (Å²) in [7, 11) is 0. The molecule has 1 aromatic carbocycles. The van der Waals surface area contributed by atoms with E-state index >= 15 is 0 Å². The van der Waals surface area contributed by atoms with Gasteiger partial charge in [-0.2, -0.15) is 0 Å². The summed E-state index contributed by atoms with van der Waals surface area (Å²) in [5.74, 6) is 1.08. The Morgan fingerprint density at radius 2 is 2.17 bits per heavy atom. The first-order chi connectivity index (χ1) is 8.83. The molecule has 1 N–H and O–H groups in total. The summed E-state index contributed by atoms with van der Waals surface area (Å²) in [5.41, 5.74) is 2.04. The highest BCUT2D eigenvalue weighted by Crippen LogP contribution is 2.24. The van der Waals surface area contributed by atoms with Crippen LogP contribution in [0.5, 0.6) is 0 Å². The Balaban J connectivity index is 1.98. The van der Waals surface area contributed by atoms with Crippen molar-refractivity contribution in [1.82, 2.24) is 4.98 Å². The van der Waals surface area contributed by atoms with Crippen molar-refractivity contribution in [3.8, 4) is 0 Å². The maximum absolute atomic E-state index is 4.52. The predicted molar refractivity (Wildman–Crippen MR) is 79.2 cm³/mol. The molecule has 2 heterocycles. The number of para-hydroxylation sites is 1. The number of nitrogens with one attached hydrogen (secondary N) is 1. The van der Waals surface area contributed by atoms with E-state index in [1.807, 2.05) is 12.3 Å². The van der Waals surface area contributed by atoms with E-state index in [-0.39, 0.29) is 0 Å². The average Bonchev–Trinajstić information content (AvgIpc) is 2.40. The van der Waals surface area contributed by atoms with Crippen LogP contribution in [0.4, 0.5) is 5.69 Å². The number of benzene rings is 1. The number of amidine groups is 1. The first-order valence-electron chi connectivity index (χ1n) is 6.17. The summed E-state index contributed by atoms with van der Waals surface area (Å²) in [6.07, 6.45) is 5.28. The molecule has 0 unspecified atom stereocenters. The fourth-order valence-corrected chi connectivity index (χ4v) is 2.54. The first kappa shape index (κ1) is 11.7. The van der Waals surface area contributed by atoms with Crippen molar-refractivity contribution in [3.05, 3.63) is 34.9 Å². The normalized spacial score (nSPS) is 15.5. The monoisotopic (exact) mass is 303 g/mol. The molecule has 0 aliphatic carbocycles. The molecule has 18 heavy (non-hydrogen) atoms. The third-order valence-electron chi connectivity index (χ3n) is 3.08. The summed E-state index contributed by atoms with van der Waals surface area (Å²) in [5, 5.41) is 4.55. The molecular weight excluding hydrogens is 290 g/mol. The molecule has 0 saturated heterocycles. The Labute approximate surface area is 114 Å². The summed E-state index contributed by atoms with van der Waals surface area (Å²) < 4.78 is 1.00. The molecule has 0 spiro atoms. The Bertz CT molecular complexity index is 607. The number of nitrogens with zero attached hydrogens (tertiary/aromatic N) is 2. The number of aromatic nitrogens is 1. The van der Waals surface area contributed by atoms with Gasteiger partial charge in [-0.3, -0.25) is 9.98 Å². The number of pyridine rings is 1. The van der Waals surface area contributed by atoms with Gasteiger partial charge in [-0.1, -0.05) is 12.1 Å². The molecule has 3 nitrogen and oxygen atoms in total. The van der Waals surface area contributed by atoms with Crippen LogP contribution >= 0.6 is 15.9 Å². The number of halogens is 1. The van der Waals surface area contributed by atoms with E-state index in [2.05, 4.69) is 49.4 Å². The van der Waals surface area contributed by atoms with Gasteiger partial charge in [0.15, 0.2) is 0 Å². The summed E-state index contributed by atoms with van der Waals surface area (Å²) >= 11 is 3.45. The highest BCUT2D eigenvalue weighted by molar-refractivity contribution is 9.10. The van der Waals surface area contributed by atoms with Gasteiger partial charge in [0.1, 0.15) is 5.84 Å². The largest absolute Gasteiger partial charge is 0.342 e. The van der Waals surface area contributed by atoms with Crippen LogP contribution in [-0.2, 0) is 0 Å². The van der Waals surface area contributed by atoms with Crippen LogP contribution in [0.15, 0.2) is 39.9 Å². The zero-order valence-electron chi connectivity index (χ0n) is 9.99. The Kier molecular flexibility index (Phi) is 3.28. The standard InChI is InChI=1S/C14H14BrN3/c15-11-8-10-4-3-5-12(14(10)17-9-11)18-13-6-1-2-7-16-13/h3-5,8-9H,1-2,6-7H2,(H,16,18). The van der Waals surface area contributed by atoms with Crippen LogP contribution in [0.3, 0.4) is 0 Å². The summed E-state index contributed by atoms with van der Waals surface area (Å²) in [6, 6.07) is 8.25. The van der Waals surface area contributed by atoms with E-state index in [1.54, 1.807) is 0 Å². The summed E-state index contributed by atoms with van der Waals surface area (Å²) in [4.78, 5) is 9.00. The van der Waals surface area contributed by atoms with Crippen LogP contribution in [0.1, 0.15) is 19.3 Å². The van der Waals surface area contributed by atoms with E-state index in [0.29, 0.717) is 0 Å². The Morgan fingerprint density at radius 3 is 3.00 bits per heavy atom. The molecule has 0 fully saturated rings. The molecule has 92 valence electrons. The second-order valence-corrected chi connectivity index (χ2v) is 5.36. The van der Waals surface area contributed by atoms with Gasteiger partial charge in [0.05, 0.1) is 11.2 Å². The van der Waals surface area contributed by atoms with Gasteiger partial charge in [0, 0.05) is 29.0 Å². The quantitative estimate of drug-likeness (QED) is 0.865. The van der Waals surface area contributed by atoms with E-state index in [0.717, 1.165) is 39.9 Å². The van der Waals surface area contributed by atoms with Crippen molar-refractivity contribution in [2.75, 3.05) is 11.9 Å². The first-order valence-corrected chi connectivity index (χ1v) is 6.97. The van der Waals surface area contributed by atoms with Crippen molar-refractivity contribution in [3.63, 3.8) is 0 Å². The molecule has 0 radical (unpaired) electrons. The minimum atomic E-state index is 0.937. The van der Waals surface area contributed by atoms with Gasteiger partial charge in [-0.15, -0.1) is 0 Å². The minimum Gasteiger partial charge on any atom is -0.342 e. The van der Waals surface area contributed by atoms with Crippen molar-refractivity contribution in [1.29, 1.82) is 0 Å². The second kappa shape index (κ2) is 5.06. The van der Waals surface area contributed by atoms with Crippen LogP contribution in [0, 0.1) is 0 Å². The predicted octanol–water partition coefficient (Wildman–Crippen LogP) is 3.99. The lowest BCUT2D eigenvalue weighted by molar-refractivity contribution is 0.737. The molecule has 0 bridgehead atoms. The van der Waals surface area contributed by atoms with E-state index < -0.39 is 0 Å². The van der Waals surface area contributed by atoms with Crippen LogP contribution in [-0.4, -0.2) is 17.4 Å². The fraction of sp³-hybridized carbons (Fsp3) is 0.286.